The molecule has 1 aliphatic rings. The first-order valence-electron chi connectivity index (χ1n) is 9.71. The summed E-state index contributed by atoms with van der Waals surface area (Å²) in [7, 11) is 0. The molecule has 11 heteroatoms. The van der Waals surface area contributed by atoms with Gasteiger partial charge in [-0.1, -0.05) is 12.1 Å². The number of urea groups is 1. The van der Waals surface area contributed by atoms with E-state index in [4.69, 9.17) is 13.9 Å². The average Bonchev–Trinajstić information content (AvgIpc) is 3.30. The summed E-state index contributed by atoms with van der Waals surface area (Å²) in [4.78, 5) is 67.1. The number of carbonyl (C=O) groups is 5. The molecule has 11 nitrogen and oxygen atoms in total. The van der Waals surface area contributed by atoms with E-state index in [9.17, 15) is 24.0 Å². The van der Waals surface area contributed by atoms with E-state index in [0.29, 0.717) is 15.9 Å². The number of benzene rings is 1. The van der Waals surface area contributed by atoms with Gasteiger partial charge in [0.15, 0.2) is 12.8 Å². The molecule has 1 aliphatic heterocycles. The van der Waals surface area contributed by atoms with Gasteiger partial charge >= 0.3 is 18.0 Å². The van der Waals surface area contributed by atoms with E-state index < -0.39 is 42.6 Å². The monoisotopic (exact) mass is 451 g/mol. The van der Waals surface area contributed by atoms with Gasteiger partial charge in [0.2, 0.25) is 5.91 Å². The first-order chi connectivity index (χ1) is 15.8. The lowest BCUT2D eigenvalue weighted by Gasteiger charge is -2.16. The van der Waals surface area contributed by atoms with Crippen molar-refractivity contribution in [1.82, 2.24) is 14.8 Å². The molecule has 3 aromatic rings. The third-order valence-corrected chi connectivity index (χ3v) is 4.82. The summed E-state index contributed by atoms with van der Waals surface area (Å²) in [6.07, 6.45) is 3.02. The number of aromatic nitrogens is 1. The molecular weight excluding hydrogens is 434 g/mol. The Morgan fingerprint density at radius 2 is 1.88 bits per heavy atom. The Hall–Kier alpha value is -4.54. The number of amides is 4. The van der Waals surface area contributed by atoms with Crippen LogP contribution in [0.5, 0.6) is 5.75 Å². The number of esters is 2. The molecule has 3 heterocycles. The van der Waals surface area contributed by atoms with Gasteiger partial charge in [0.1, 0.15) is 22.7 Å². The van der Waals surface area contributed by atoms with E-state index >= 15 is 0 Å². The van der Waals surface area contributed by atoms with Crippen molar-refractivity contribution in [2.24, 2.45) is 0 Å². The Labute approximate surface area is 186 Å². The van der Waals surface area contributed by atoms with Crippen LogP contribution in [0.25, 0.3) is 11.0 Å². The summed E-state index contributed by atoms with van der Waals surface area (Å²) < 4.78 is 15.8. The summed E-state index contributed by atoms with van der Waals surface area (Å²) in [5.41, 5.74) is 0.354. The molecule has 1 fully saturated rings. The lowest BCUT2D eigenvalue weighted by atomic mass is 10.2. The van der Waals surface area contributed by atoms with Gasteiger partial charge in [-0.2, -0.15) is 0 Å². The average molecular weight is 451 g/mol. The number of hydrogen-bond donors (Lipinski definition) is 0. The Bertz CT molecular complexity index is 1260. The second-order valence-corrected chi connectivity index (χ2v) is 7.05. The topological polar surface area (TPSA) is 136 Å². The number of ether oxygens (including phenoxy) is 2. The molecule has 33 heavy (non-hydrogen) atoms. The Balaban J connectivity index is 1.57. The molecular formula is C22H17N3O8. The molecule has 4 amide bonds. The number of furan rings is 1. The maximum atomic E-state index is 13.0. The molecule has 1 saturated heterocycles. The van der Waals surface area contributed by atoms with Gasteiger partial charge in [0.05, 0.1) is 0 Å². The number of fused-ring (bicyclic) bond motifs is 1. The fourth-order valence-corrected chi connectivity index (χ4v) is 3.40. The third kappa shape index (κ3) is 4.03. The molecule has 168 valence electrons. The van der Waals surface area contributed by atoms with Crippen LogP contribution in [0.2, 0.25) is 0 Å². The minimum absolute atomic E-state index is 0.0341. The van der Waals surface area contributed by atoms with Crippen molar-refractivity contribution in [3.63, 3.8) is 0 Å². The van der Waals surface area contributed by atoms with Crippen LogP contribution >= 0.6 is 0 Å². The molecule has 0 saturated carbocycles. The third-order valence-electron chi connectivity index (χ3n) is 4.82. The van der Waals surface area contributed by atoms with Gasteiger partial charge in [-0.15, -0.1) is 0 Å². The molecule has 0 spiro atoms. The van der Waals surface area contributed by atoms with E-state index in [2.05, 4.69) is 4.98 Å². The Kier molecular flexibility index (Phi) is 5.61. The minimum atomic E-state index is -1.35. The normalized spacial score (nSPS) is 15.8. The largest absolute Gasteiger partial charge is 0.458 e. The van der Waals surface area contributed by atoms with E-state index in [-0.39, 0.29) is 17.1 Å². The number of carbonyl (C=O) groups excluding carboxylic acids is 5. The molecule has 1 aromatic carbocycles. The number of rotatable bonds is 5. The van der Waals surface area contributed by atoms with Gasteiger partial charge in [-0.05, 0) is 24.3 Å². The molecule has 1 atom stereocenters. The summed E-state index contributed by atoms with van der Waals surface area (Å²) >= 11 is 0. The van der Waals surface area contributed by atoms with Gasteiger partial charge in [-0.3, -0.25) is 19.4 Å². The maximum Gasteiger partial charge on any atom is 0.343 e. The lowest BCUT2D eigenvalue weighted by Crippen LogP contribution is -2.37. The summed E-state index contributed by atoms with van der Waals surface area (Å²) in [5.74, 6) is -3.02. The molecule has 2 aromatic heterocycles. The number of imide groups is 2. The van der Waals surface area contributed by atoms with Crippen molar-refractivity contribution < 1.29 is 37.9 Å². The van der Waals surface area contributed by atoms with Crippen LogP contribution < -0.4 is 4.74 Å². The van der Waals surface area contributed by atoms with Crippen molar-refractivity contribution in [1.29, 1.82) is 0 Å². The van der Waals surface area contributed by atoms with E-state index in [1.807, 2.05) is 0 Å². The van der Waals surface area contributed by atoms with Crippen LogP contribution in [0.4, 0.5) is 4.79 Å². The zero-order chi connectivity index (χ0) is 23.7. The van der Waals surface area contributed by atoms with Gasteiger partial charge in [0, 0.05) is 31.6 Å². The summed E-state index contributed by atoms with van der Waals surface area (Å²) in [6, 6.07) is 6.62. The molecule has 0 N–H and O–H groups in total. The van der Waals surface area contributed by atoms with Crippen LogP contribution in [0, 0.1) is 0 Å². The van der Waals surface area contributed by atoms with Gasteiger partial charge in [0.25, 0.3) is 5.91 Å². The van der Waals surface area contributed by atoms with Crippen molar-refractivity contribution in [2.75, 3.05) is 6.73 Å². The van der Waals surface area contributed by atoms with E-state index in [1.54, 1.807) is 12.1 Å². The number of hydrogen-bond acceptors (Lipinski definition) is 9. The fraction of sp³-hybridized carbons (Fsp3) is 0.182. The summed E-state index contributed by atoms with van der Waals surface area (Å²) in [5, 5.41) is 0.586. The van der Waals surface area contributed by atoms with Crippen molar-refractivity contribution in [2.45, 2.75) is 19.9 Å². The molecule has 0 aliphatic carbocycles. The highest BCUT2D eigenvalue weighted by molar-refractivity contribution is 6.11. The van der Waals surface area contributed by atoms with Crippen LogP contribution in [-0.4, -0.2) is 51.3 Å². The highest BCUT2D eigenvalue weighted by Gasteiger charge is 2.50. The number of para-hydroxylation sites is 1. The zero-order valence-corrected chi connectivity index (χ0v) is 17.5. The zero-order valence-electron chi connectivity index (χ0n) is 17.5. The standard InChI is InChI=1S/C22H17N3O8/c1-12(26)25-19(18-9-14-10-23-8-7-16(14)33-18)20(28)24(22(25)30)11-31-21(29)15-5-3-4-6-17(15)32-13(2)27/h3-10,19H,11H2,1-2H3. The second kappa shape index (κ2) is 8.54. The maximum absolute atomic E-state index is 13.0. The highest BCUT2D eigenvalue weighted by Crippen LogP contribution is 2.34. The minimum Gasteiger partial charge on any atom is -0.458 e. The van der Waals surface area contributed by atoms with E-state index in [0.717, 1.165) is 11.8 Å². The lowest BCUT2D eigenvalue weighted by molar-refractivity contribution is -0.135. The molecule has 4 rings (SSSR count). The predicted molar refractivity (Wildman–Crippen MR) is 110 cm³/mol. The SMILES string of the molecule is CC(=O)Oc1ccccc1C(=O)OCN1C(=O)C(c2cc3cnccc3o2)N(C(C)=O)C1=O. The van der Waals surface area contributed by atoms with E-state index in [1.165, 1.54) is 43.6 Å². The van der Waals surface area contributed by atoms with Crippen molar-refractivity contribution in [3.05, 3.63) is 60.1 Å². The van der Waals surface area contributed by atoms with Crippen LogP contribution in [0.3, 0.4) is 0 Å². The first kappa shape index (κ1) is 21.7. The van der Waals surface area contributed by atoms with Gasteiger partial charge < -0.3 is 13.9 Å². The van der Waals surface area contributed by atoms with Crippen LogP contribution in [-0.2, 0) is 19.1 Å². The van der Waals surface area contributed by atoms with Crippen LogP contribution in [0.1, 0.15) is 36.0 Å². The van der Waals surface area contributed by atoms with Gasteiger partial charge in [-0.25, -0.2) is 19.4 Å². The fourth-order valence-electron chi connectivity index (χ4n) is 3.40. The number of nitrogens with zero attached hydrogens (tertiary/aromatic N) is 3. The Morgan fingerprint density at radius 3 is 2.58 bits per heavy atom. The highest BCUT2D eigenvalue weighted by atomic mass is 16.6. The molecule has 0 radical (unpaired) electrons. The van der Waals surface area contributed by atoms with Crippen LogP contribution in [0.15, 0.2) is 53.2 Å². The quantitative estimate of drug-likeness (QED) is 0.325. The van der Waals surface area contributed by atoms with Crippen molar-refractivity contribution >= 4 is 40.8 Å². The number of pyridine rings is 1. The summed E-state index contributed by atoms with van der Waals surface area (Å²) in [6.45, 7) is 1.55. The second-order valence-electron chi connectivity index (χ2n) is 7.05. The molecule has 1 unspecified atom stereocenters. The predicted octanol–water partition coefficient (Wildman–Crippen LogP) is 2.42. The van der Waals surface area contributed by atoms with Crippen molar-refractivity contribution in [3.8, 4) is 5.75 Å². The molecule has 0 bridgehead atoms. The smallest absolute Gasteiger partial charge is 0.343 e. The first-order valence-corrected chi connectivity index (χ1v) is 9.71. The Morgan fingerprint density at radius 1 is 1.12 bits per heavy atom.